The van der Waals surface area contributed by atoms with Gasteiger partial charge in [-0.3, -0.25) is 4.79 Å². The van der Waals surface area contributed by atoms with Crippen molar-refractivity contribution >= 4 is 34.8 Å². The van der Waals surface area contributed by atoms with Crippen LogP contribution in [-0.4, -0.2) is 25.5 Å². The standard InChI is InChI=1S/C16H22Cl2N2O/c1-11-8-9-13(17)16(15(11)18)19-14(21)10-20(2)12-6-4-3-5-7-12/h8-9,12H,3-7,10H2,1-2H3,(H,19,21)/p+1. The monoisotopic (exact) mass is 329 g/mol. The molecule has 1 aromatic carbocycles. The third-order valence-corrected chi connectivity index (χ3v) is 5.09. The number of nitrogens with one attached hydrogen (secondary N) is 2. The molecule has 2 N–H and O–H groups in total. The number of quaternary nitrogens is 1. The second-order valence-corrected chi connectivity index (χ2v) is 6.74. The smallest absolute Gasteiger partial charge is 0.279 e. The first-order valence-electron chi connectivity index (χ1n) is 7.56. The number of hydrogen-bond donors (Lipinski definition) is 2. The van der Waals surface area contributed by atoms with Crippen LogP contribution in [0.1, 0.15) is 37.7 Å². The lowest BCUT2D eigenvalue weighted by Crippen LogP contribution is -3.14. The Morgan fingerprint density at radius 1 is 1.29 bits per heavy atom. The fourth-order valence-corrected chi connectivity index (χ4v) is 3.41. The van der Waals surface area contributed by atoms with Gasteiger partial charge in [0.15, 0.2) is 6.54 Å². The van der Waals surface area contributed by atoms with Crippen LogP contribution in [0, 0.1) is 6.92 Å². The quantitative estimate of drug-likeness (QED) is 0.874. The Kier molecular flexibility index (Phi) is 5.91. The van der Waals surface area contributed by atoms with Crippen molar-refractivity contribution in [2.45, 2.75) is 45.1 Å². The van der Waals surface area contributed by atoms with Gasteiger partial charge in [0.2, 0.25) is 0 Å². The molecule has 1 aliphatic carbocycles. The Morgan fingerprint density at radius 2 is 1.95 bits per heavy atom. The number of aryl methyl sites for hydroxylation is 1. The van der Waals surface area contributed by atoms with Crippen LogP contribution in [-0.2, 0) is 4.79 Å². The number of halogens is 2. The van der Waals surface area contributed by atoms with E-state index in [1.807, 2.05) is 13.0 Å². The lowest BCUT2D eigenvalue weighted by molar-refractivity contribution is -0.899. The lowest BCUT2D eigenvalue weighted by atomic mass is 9.94. The zero-order chi connectivity index (χ0) is 15.4. The van der Waals surface area contributed by atoms with E-state index in [2.05, 4.69) is 12.4 Å². The summed E-state index contributed by atoms with van der Waals surface area (Å²) in [6.07, 6.45) is 6.30. The van der Waals surface area contributed by atoms with E-state index in [1.165, 1.54) is 37.0 Å². The Balaban J connectivity index is 1.97. The van der Waals surface area contributed by atoms with E-state index in [-0.39, 0.29) is 5.91 Å². The molecule has 116 valence electrons. The van der Waals surface area contributed by atoms with Crippen LogP contribution in [0.25, 0.3) is 0 Å². The maximum absolute atomic E-state index is 12.2. The van der Waals surface area contributed by atoms with Crippen LogP contribution in [0.15, 0.2) is 12.1 Å². The van der Waals surface area contributed by atoms with Crippen LogP contribution >= 0.6 is 23.2 Å². The van der Waals surface area contributed by atoms with Gasteiger partial charge < -0.3 is 10.2 Å². The zero-order valence-corrected chi connectivity index (χ0v) is 14.2. The molecular weight excluding hydrogens is 307 g/mol. The molecule has 0 bridgehead atoms. The Labute approximate surface area is 136 Å². The van der Waals surface area contributed by atoms with Crippen LogP contribution in [0.3, 0.4) is 0 Å². The van der Waals surface area contributed by atoms with Crippen LogP contribution < -0.4 is 10.2 Å². The van der Waals surface area contributed by atoms with E-state index >= 15 is 0 Å². The first-order chi connectivity index (χ1) is 9.99. The summed E-state index contributed by atoms with van der Waals surface area (Å²) >= 11 is 12.3. The van der Waals surface area contributed by atoms with E-state index in [1.54, 1.807) is 6.07 Å². The van der Waals surface area contributed by atoms with Crippen molar-refractivity contribution in [2.75, 3.05) is 18.9 Å². The van der Waals surface area contributed by atoms with Crippen molar-refractivity contribution in [3.8, 4) is 0 Å². The number of benzene rings is 1. The van der Waals surface area contributed by atoms with Gasteiger partial charge in [0.25, 0.3) is 5.91 Å². The summed E-state index contributed by atoms with van der Waals surface area (Å²) in [7, 11) is 2.09. The van der Waals surface area contributed by atoms with Crippen molar-refractivity contribution < 1.29 is 9.69 Å². The minimum absolute atomic E-state index is 0.0347. The molecule has 0 spiro atoms. The van der Waals surface area contributed by atoms with Gasteiger partial charge in [-0.25, -0.2) is 0 Å². The highest BCUT2D eigenvalue weighted by molar-refractivity contribution is 6.40. The number of rotatable bonds is 4. The van der Waals surface area contributed by atoms with Crippen LogP contribution in [0.2, 0.25) is 10.0 Å². The van der Waals surface area contributed by atoms with Crippen LogP contribution in [0.4, 0.5) is 5.69 Å². The van der Waals surface area contributed by atoms with Crippen molar-refractivity contribution in [3.63, 3.8) is 0 Å². The molecule has 0 saturated heterocycles. The average molecular weight is 330 g/mol. The van der Waals surface area contributed by atoms with Gasteiger partial charge in [0, 0.05) is 0 Å². The number of carbonyl (C=O) groups is 1. The molecule has 0 heterocycles. The maximum atomic E-state index is 12.2. The van der Waals surface area contributed by atoms with Gasteiger partial charge >= 0.3 is 0 Å². The van der Waals surface area contributed by atoms with Crippen molar-refractivity contribution in [1.29, 1.82) is 0 Å². The van der Waals surface area contributed by atoms with E-state index in [4.69, 9.17) is 23.2 Å². The summed E-state index contributed by atoms with van der Waals surface area (Å²) < 4.78 is 0. The molecule has 0 aliphatic heterocycles. The predicted octanol–water partition coefficient (Wildman–Crippen LogP) is 3.09. The van der Waals surface area contributed by atoms with Crippen molar-refractivity contribution in [2.24, 2.45) is 0 Å². The van der Waals surface area contributed by atoms with Crippen molar-refractivity contribution in [1.82, 2.24) is 0 Å². The molecule has 1 unspecified atom stereocenters. The van der Waals surface area contributed by atoms with Crippen molar-refractivity contribution in [3.05, 3.63) is 27.7 Å². The highest BCUT2D eigenvalue weighted by Gasteiger charge is 2.23. The predicted molar refractivity (Wildman–Crippen MR) is 88.5 cm³/mol. The molecule has 1 fully saturated rings. The fourth-order valence-electron chi connectivity index (χ4n) is 2.95. The topological polar surface area (TPSA) is 33.5 Å². The Morgan fingerprint density at radius 3 is 2.62 bits per heavy atom. The molecule has 21 heavy (non-hydrogen) atoms. The normalized spacial score (nSPS) is 17.5. The fraction of sp³-hybridized carbons (Fsp3) is 0.562. The highest BCUT2D eigenvalue weighted by atomic mass is 35.5. The van der Waals surface area contributed by atoms with E-state index in [9.17, 15) is 4.79 Å². The molecule has 3 nitrogen and oxygen atoms in total. The first kappa shape index (κ1) is 16.6. The number of likely N-dealkylation sites (N-methyl/N-ethyl adjacent to an activating group) is 1. The van der Waals surface area contributed by atoms with E-state index in [0.717, 1.165) is 5.56 Å². The Hall–Kier alpha value is -0.770. The summed E-state index contributed by atoms with van der Waals surface area (Å²) in [6.45, 7) is 2.35. The molecule has 0 radical (unpaired) electrons. The number of hydrogen-bond acceptors (Lipinski definition) is 1. The molecular formula is C16H23Cl2N2O+. The minimum atomic E-state index is -0.0347. The SMILES string of the molecule is Cc1ccc(Cl)c(NC(=O)C[NH+](C)C2CCCCC2)c1Cl. The highest BCUT2D eigenvalue weighted by Crippen LogP contribution is 2.32. The molecule has 1 saturated carbocycles. The molecule has 1 amide bonds. The summed E-state index contributed by atoms with van der Waals surface area (Å²) in [4.78, 5) is 13.5. The van der Waals surface area contributed by atoms with Crippen LogP contribution in [0.5, 0.6) is 0 Å². The van der Waals surface area contributed by atoms with Gasteiger partial charge in [0.1, 0.15) is 0 Å². The molecule has 1 atom stereocenters. The third-order valence-electron chi connectivity index (χ3n) is 4.29. The van der Waals surface area contributed by atoms with Gasteiger partial charge in [-0.2, -0.15) is 0 Å². The molecule has 1 aromatic rings. The largest absolute Gasteiger partial charge is 0.327 e. The maximum Gasteiger partial charge on any atom is 0.279 e. The first-order valence-corrected chi connectivity index (χ1v) is 8.31. The van der Waals surface area contributed by atoms with Gasteiger partial charge in [-0.05, 0) is 44.2 Å². The molecule has 0 aromatic heterocycles. The Bertz CT molecular complexity index is 513. The summed E-state index contributed by atoms with van der Waals surface area (Å²) in [5.41, 5.74) is 1.43. The minimum Gasteiger partial charge on any atom is -0.327 e. The molecule has 1 aliphatic rings. The number of anilines is 1. The zero-order valence-electron chi connectivity index (χ0n) is 12.6. The molecule has 2 rings (SSSR count). The third kappa shape index (κ3) is 4.35. The lowest BCUT2D eigenvalue weighted by Gasteiger charge is -2.27. The van der Waals surface area contributed by atoms with Gasteiger partial charge in [-0.15, -0.1) is 0 Å². The molecule has 5 heteroatoms. The van der Waals surface area contributed by atoms with E-state index < -0.39 is 0 Å². The van der Waals surface area contributed by atoms with Gasteiger partial charge in [0.05, 0.1) is 28.8 Å². The number of carbonyl (C=O) groups excluding carboxylic acids is 1. The second-order valence-electron chi connectivity index (χ2n) is 5.96. The van der Waals surface area contributed by atoms with E-state index in [0.29, 0.717) is 28.3 Å². The second kappa shape index (κ2) is 7.48. The average Bonchev–Trinajstić information content (AvgIpc) is 2.48. The van der Waals surface area contributed by atoms with Gasteiger partial charge in [-0.1, -0.05) is 35.7 Å². The summed E-state index contributed by atoms with van der Waals surface area (Å²) in [5, 5.41) is 3.87. The summed E-state index contributed by atoms with van der Waals surface area (Å²) in [5.74, 6) is -0.0347. The summed E-state index contributed by atoms with van der Waals surface area (Å²) in [6, 6.07) is 4.20. The number of amides is 1.